The molecule has 0 radical (unpaired) electrons. The summed E-state index contributed by atoms with van der Waals surface area (Å²) in [6, 6.07) is 0. The summed E-state index contributed by atoms with van der Waals surface area (Å²) in [6.07, 6.45) is 0.286. The van der Waals surface area contributed by atoms with Crippen molar-refractivity contribution in [3.05, 3.63) is 0 Å². The molecule has 0 aromatic rings. The van der Waals surface area contributed by atoms with Crippen molar-refractivity contribution >= 4 is 5.97 Å². The lowest BCUT2D eigenvalue weighted by molar-refractivity contribution is -0.192. The highest BCUT2D eigenvalue weighted by atomic mass is 19.4. The fourth-order valence-corrected chi connectivity index (χ4v) is 0.500. The second kappa shape index (κ2) is 29.2. The van der Waals surface area contributed by atoms with Gasteiger partial charge in [0.2, 0.25) is 0 Å². The van der Waals surface area contributed by atoms with Crippen molar-refractivity contribution in [1.82, 2.24) is 0 Å². The predicted molar refractivity (Wildman–Crippen MR) is 85.1 cm³/mol. The molecule has 0 atom stereocenters. The van der Waals surface area contributed by atoms with Crippen LogP contribution in [0.1, 0.15) is 53.4 Å². The van der Waals surface area contributed by atoms with Gasteiger partial charge in [0.15, 0.2) is 0 Å². The predicted octanol–water partition coefficient (Wildman–Crippen LogP) is 2.15. The Hall–Kier alpha value is -0.900. The number of carboxylic acids is 1. The standard InChI is InChI=1S/C6H14.C3H8O.C2HF3O2.C2H7NO.CH4O/c1-3-5-6-4-2;1-3(2)4;3-2(4,5)1(6)7;3-1-2-4;1-2/h3-6H2,1-2H3;3-4H,1-2H3;(H,6,7);4H,1-3H2;2H,1H3. The van der Waals surface area contributed by atoms with Crippen LogP contribution in [0, 0.1) is 0 Å². The van der Waals surface area contributed by atoms with Gasteiger partial charge in [-0.25, -0.2) is 4.79 Å². The molecule has 9 heteroatoms. The largest absolute Gasteiger partial charge is 0.490 e. The van der Waals surface area contributed by atoms with Crippen LogP contribution in [0.15, 0.2) is 0 Å². The van der Waals surface area contributed by atoms with E-state index in [9.17, 15) is 13.2 Å². The highest BCUT2D eigenvalue weighted by molar-refractivity contribution is 5.73. The Bertz CT molecular complexity index is 195. The van der Waals surface area contributed by atoms with E-state index in [1.165, 1.54) is 25.7 Å². The first-order chi connectivity index (χ1) is 10.5. The number of halogens is 3. The van der Waals surface area contributed by atoms with Gasteiger partial charge in [-0.1, -0.05) is 39.5 Å². The van der Waals surface area contributed by atoms with E-state index in [0.29, 0.717) is 6.54 Å². The smallest absolute Gasteiger partial charge is 0.475 e. The maximum atomic E-state index is 10.6. The molecule has 0 aliphatic carbocycles. The van der Waals surface area contributed by atoms with Crippen molar-refractivity contribution in [2.24, 2.45) is 5.73 Å². The second-order valence-corrected chi connectivity index (χ2v) is 4.12. The lowest BCUT2D eigenvalue weighted by Gasteiger charge is -1.93. The van der Waals surface area contributed by atoms with Crippen molar-refractivity contribution in [3.8, 4) is 0 Å². The van der Waals surface area contributed by atoms with Gasteiger partial charge in [-0.15, -0.1) is 0 Å². The van der Waals surface area contributed by atoms with Gasteiger partial charge in [-0.2, -0.15) is 13.2 Å². The summed E-state index contributed by atoms with van der Waals surface area (Å²) in [6.45, 7) is 8.38. The third kappa shape index (κ3) is 93.0. The molecule has 146 valence electrons. The number of aliphatic hydroxyl groups excluding tert-OH is 3. The number of carboxylic acid groups (broad SMARTS) is 1. The molecule has 6 N–H and O–H groups in total. The Morgan fingerprint density at radius 2 is 1.26 bits per heavy atom. The minimum atomic E-state index is -5.08. The van der Waals surface area contributed by atoms with Crippen LogP contribution >= 0.6 is 0 Å². The van der Waals surface area contributed by atoms with Crippen LogP contribution < -0.4 is 5.73 Å². The van der Waals surface area contributed by atoms with Crippen molar-refractivity contribution in [3.63, 3.8) is 0 Å². The summed E-state index contributed by atoms with van der Waals surface area (Å²) in [7, 11) is 1.00. The van der Waals surface area contributed by atoms with E-state index >= 15 is 0 Å². The maximum absolute atomic E-state index is 10.6. The summed E-state index contributed by atoms with van der Waals surface area (Å²) in [4.78, 5) is 8.90. The molecular formula is C14H34F3NO5. The van der Waals surface area contributed by atoms with Crippen molar-refractivity contribution < 1.29 is 38.4 Å². The highest BCUT2D eigenvalue weighted by Gasteiger charge is 2.38. The molecule has 0 aliphatic rings. The molecule has 23 heavy (non-hydrogen) atoms. The zero-order chi connectivity index (χ0) is 19.9. The topological polar surface area (TPSA) is 124 Å². The number of rotatable bonds is 4. The van der Waals surface area contributed by atoms with Gasteiger partial charge in [0.25, 0.3) is 0 Å². The minimum Gasteiger partial charge on any atom is -0.475 e. The van der Waals surface area contributed by atoms with E-state index in [1.807, 2.05) is 0 Å². The highest BCUT2D eigenvalue weighted by Crippen LogP contribution is 2.13. The first-order valence-electron chi connectivity index (χ1n) is 7.24. The SMILES string of the molecule is CC(C)O.CCCCCC.CO.NCCO.O=C(O)C(F)(F)F. The molecule has 0 aliphatic heterocycles. The quantitative estimate of drug-likeness (QED) is 0.493. The number of hydrogen-bond acceptors (Lipinski definition) is 5. The van der Waals surface area contributed by atoms with Crippen molar-refractivity contribution in [2.75, 3.05) is 20.3 Å². The molecule has 0 aromatic carbocycles. The third-order valence-corrected chi connectivity index (χ3v) is 1.33. The molecule has 0 rings (SSSR count). The number of alkyl halides is 3. The number of unbranched alkanes of at least 4 members (excludes halogenated alkanes) is 3. The lowest BCUT2D eigenvalue weighted by Crippen LogP contribution is -2.21. The summed E-state index contributed by atoms with van der Waals surface area (Å²) >= 11 is 0. The monoisotopic (exact) mass is 353 g/mol. The van der Waals surface area contributed by atoms with Gasteiger partial charge in [-0.05, 0) is 13.8 Å². The molecule has 0 saturated carbocycles. The van der Waals surface area contributed by atoms with Crippen LogP contribution in [-0.2, 0) is 4.79 Å². The molecule has 0 spiro atoms. The maximum Gasteiger partial charge on any atom is 0.490 e. The number of nitrogens with two attached hydrogens (primary N) is 1. The van der Waals surface area contributed by atoms with Gasteiger partial charge in [0, 0.05) is 19.8 Å². The molecule has 0 bridgehead atoms. The first-order valence-corrected chi connectivity index (χ1v) is 7.24. The van der Waals surface area contributed by atoms with Crippen LogP contribution in [0.5, 0.6) is 0 Å². The fourth-order valence-electron chi connectivity index (χ4n) is 0.500. The number of aliphatic carboxylic acids is 1. The summed E-state index contributed by atoms with van der Waals surface area (Å²) < 4.78 is 31.7. The van der Waals surface area contributed by atoms with Gasteiger partial charge >= 0.3 is 12.1 Å². The zero-order valence-corrected chi connectivity index (χ0v) is 14.7. The summed E-state index contributed by atoms with van der Waals surface area (Å²) in [5, 5.41) is 29.9. The Kier molecular flexibility index (Phi) is 42.7. The van der Waals surface area contributed by atoms with E-state index in [-0.39, 0.29) is 12.7 Å². The van der Waals surface area contributed by atoms with Gasteiger partial charge in [-0.3, -0.25) is 0 Å². The lowest BCUT2D eigenvalue weighted by atomic mass is 10.2. The number of carbonyl (C=O) groups is 1. The van der Waals surface area contributed by atoms with E-state index in [1.54, 1.807) is 13.8 Å². The van der Waals surface area contributed by atoms with Gasteiger partial charge < -0.3 is 26.2 Å². The summed E-state index contributed by atoms with van der Waals surface area (Å²) in [5.41, 5.74) is 4.78. The van der Waals surface area contributed by atoms with Crippen LogP contribution in [0.4, 0.5) is 13.2 Å². The van der Waals surface area contributed by atoms with Crippen molar-refractivity contribution in [1.29, 1.82) is 0 Å². The molecule has 6 nitrogen and oxygen atoms in total. The van der Waals surface area contributed by atoms with Gasteiger partial charge in [0.05, 0.1) is 6.61 Å². The normalized spacial score (nSPS) is 8.91. The Morgan fingerprint density at radius 3 is 1.30 bits per heavy atom. The van der Waals surface area contributed by atoms with E-state index < -0.39 is 12.1 Å². The molecular weight excluding hydrogens is 319 g/mol. The number of hydrogen-bond donors (Lipinski definition) is 5. The average molecular weight is 353 g/mol. The zero-order valence-electron chi connectivity index (χ0n) is 14.7. The van der Waals surface area contributed by atoms with Crippen LogP contribution in [0.3, 0.4) is 0 Å². The average Bonchev–Trinajstić information content (AvgIpc) is 2.46. The first kappa shape index (κ1) is 33.6. The molecule has 0 amide bonds. The molecule has 0 fully saturated rings. The van der Waals surface area contributed by atoms with E-state index in [2.05, 4.69) is 13.8 Å². The Labute approximate surface area is 137 Å². The van der Waals surface area contributed by atoms with Crippen LogP contribution in [0.2, 0.25) is 0 Å². The van der Waals surface area contributed by atoms with E-state index in [0.717, 1.165) is 7.11 Å². The minimum absolute atomic E-state index is 0.0972. The Morgan fingerprint density at radius 1 is 1.09 bits per heavy atom. The van der Waals surface area contributed by atoms with E-state index in [4.69, 9.17) is 31.0 Å². The van der Waals surface area contributed by atoms with Crippen LogP contribution in [0.25, 0.3) is 0 Å². The van der Waals surface area contributed by atoms with Crippen LogP contribution in [-0.4, -0.2) is 58.9 Å². The molecule has 0 unspecified atom stereocenters. The second-order valence-electron chi connectivity index (χ2n) is 4.12. The number of aliphatic hydroxyl groups is 3. The third-order valence-electron chi connectivity index (χ3n) is 1.33. The molecule has 0 aromatic heterocycles. The fraction of sp³-hybridized carbons (Fsp3) is 0.929. The van der Waals surface area contributed by atoms with Gasteiger partial charge in [0.1, 0.15) is 0 Å². The Balaban J connectivity index is -0.0000000620. The summed E-state index contributed by atoms with van der Waals surface area (Å²) in [5.74, 6) is -2.76. The van der Waals surface area contributed by atoms with Crippen molar-refractivity contribution in [2.45, 2.75) is 65.7 Å². The molecule has 0 saturated heterocycles. The molecule has 0 heterocycles.